The van der Waals surface area contributed by atoms with Crippen LogP contribution in [0.1, 0.15) is 32.1 Å². The second-order valence-corrected chi connectivity index (χ2v) is 3.77. The van der Waals surface area contributed by atoms with E-state index >= 15 is 0 Å². The first-order chi connectivity index (χ1) is 7.66. The maximum absolute atomic E-state index is 10.2. The SMILES string of the molecule is C=CN(C)/C=C\[NH2+]CCCCCCC(=O)O. The predicted molar refractivity (Wildman–Crippen MR) is 64.6 cm³/mol. The molecule has 0 aliphatic rings. The molecule has 0 atom stereocenters. The molecule has 3 N–H and O–H groups in total. The highest BCUT2D eigenvalue weighted by molar-refractivity contribution is 5.66. The summed E-state index contributed by atoms with van der Waals surface area (Å²) in [6, 6.07) is 0. The topological polar surface area (TPSA) is 57.2 Å². The predicted octanol–water partition coefficient (Wildman–Crippen LogP) is 1.13. The van der Waals surface area contributed by atoms with Crippen LogP contribution in [0.5, 0.6) is 0 Å². The van der Waals surface area contributed by atoms with Gasteiger partial charge in [-0.3, -0.25) is 4.79 Å². The van der Waals surface area contributed by atoms with Crippen molar-refractivity contribution >= 4 is 5.97 Å². The van der Waals surface area contributed by atoms with E-state index in [1.807, 2.05) is 24.3 Å². The zero-order chi connectivity index (χ0) is 12.2. The summed E-state index contributed by atoms with van der Waals surface area (Å²) in [6.45, 7) is 4.69. The third kappa shape index (κ3) is 10.8. The second kappa shape index (κ2) is 10.2. The molecule has 0 spiro atoms. The molecule has 92 valence electrons. The fourth-order valence-electron chi connectivity index (χ4n) is 1.25. The largest absolute Gasteiger partial charge is 0.481 e. The molecule has 0 saturated carbocycles. The average molecular weight is 227 g/mol. The molecule has 0 unspecified atom stereocenters. The Bertz CT molecular complexity index is 227. The molecular formula is C12H23N2O2+. The number of hydrogen-bond donors (Lipinski definition) is 2. The van der Waals surface area contributed by atoms with Crippen LogP contribution in [0.25, 0.3) is 0 Å². The van der Waals surface area contributed by atoms with Gasteiger partial charge in [0.2, 0.25) is 0 Å². The van der Waals surface area contributed by atoms with Crippen molar-refractivity contribution in [2.45, 2.75) is 32.1 Å². The Balaban J connectivity index is 3.18. The normalized spacial score (nSPS) is 10.6. The van der Waals surface area contributed by atoms with E-state index in [-0.39, 0.29) is 0 Å². The minimum atomic E-state index is -0.693. The van der Waals surface area contributed by atoms with E-state index in [0.717, 1.165) is 32.2 Å². The smallest absolute Gasteiger partial charge is 0.303 e. The third-order valence-corrected chi connectivity index (χ3v) is 2.26. The van der Waals surface area contributed by atoms with Gasteiger partial charge in [-0.05, 0) is 25.5 Å². The molecule has 0 fully saturated rings. The highest BCUT2D eigenvalue weighted by Gasteiger charge is 1.96. The molecule has 4 nitrogen and oxygen atoms in total. The molecule has 16 heavy (non-hydrogen) atoms. The summed E-state index contributed by atoms with van der Waals surface area (Å²) >= 11 is 0. The molecule has 0 aliphatic carbocycles. The first kappa shape index (κ1) is 14.7. The van der Waals surface area contributed by atoms with E-state index in [2.05, 4.69) is 11.9 Å². The Morgan fingerprint density at radius 1 is 1.38 bits per heavy atom. The van der Waals surface area contributed by atoms with Crippen LogP contribution >= 0.6 is 0 Å². The molecule has 0 amide bonds. The molecular weight excluding hydrogens is 204 g/mol. The van der Waals surface area contributed by atoms with Gasteiger partial charge in [-0.2, -0.15) is 0 Å². The number of nitrogens with zero attached hydrogens (tertiary/aromatic N) is 1. The number of aliphatic carboxylic acids is 1. The van der Waals surface area contributed by atoms with E-state index < -0.39 is 5.97 Å². The highest BCUT2D eigenvalue weighted by Crippen LogP contribution is 2.01. The fraction of sp³-hybridized carbons (Fsp3) is 0.583. The Kier molecular flexibility index (Phi) is 9.41. The summed E-state index contributed by atoms with van der Waals surface area (Å²) in [5, 5.41) is 10.6. The van der Waals surface area contributed by atoms with E-state index in [0.29, 0.717) is 6.42 Å². The van der Waals surface area contributed by atoms with Gasteiger partial charge in [-0.25, -0.2) is 0 Å². The lowest BCUT2D eigenvalue weighted by atomic mass is 10.1. The van der Waals surface area contributed by atoms with Gasteiger partial charge in [0.1, 0.15) is 6.20 Å². The fourth-order valence-corrected chi connectivity index (χ4v) is 1.25. The quantitative estimate of drug-likeness (QED) is 0.550. The van der Waals surface area contributed by atoms with Crippen LogP contribution in [0, 0.1) is 0 Å². The van der Waals surface area contributed by atoms with Crippen molar-refractivity contribution in [1.29, 1.82) is 0 Å². The van der Waals surface area contributed by atoms with Gasteiger partial charge in [0.25, 0.3) is 0 Å². The standard InChI is InChI=1S/C12H22N2O2/c1-3-14(2)11-10-13-9-7-5-4-6-8-12(15)16/h3,10-11,13H,1,4-9H2,2H3,(H,15,16)/p+1/b11-10-. The van der Waals surface area contributed by atoms with E-state index in [9.17, 15) is 4.79 Å². The summed E-state index contributed by atoms with van der Waals surface area (Å²) in [4.78, 5) is 12.1. The molecule has 0 heterocycles. The number of nitrogens with two attached hydrogens (primary N) is 1. The zero-order valence-electron chi connectivity index (χ0n) is 10.1. The van der Waals surface area contributed by atoms with E-state index in [1.165, 1.54) is 0 Å². The highest BCUT2D eigenvalue weighted by atomic mass is 16.4. The number of hydrogen-bond acceptors (Lipinski definition) is 2. The number of carboxylic acid groups (broad SMARTS) is 1. The van der Waals surface area contributed by atoms with Crippen LogP contribution < -0.4 is 5.32 Å². The molecule has 0 bridgehead atoms. The number of quaternary nitrogens is 1. The Morgan fingerprint density at radius 3 is 2.69 bits per heavy atom. The number of carboxylic acids is 1. The van der Waals surface area contributed by atoms with Gasteiger partial charge >= 0.3 is 5.97 Å². The van der Waals surface area contributed by atoms with Gasteiger partial charge in [0.15, 0.2) is 0 Å². The van der Waals surface area contributed by atoms with E-state index in [1.54, 1.807) is 6.20 Å². The van der Waals surface area contributed by atoms with Crippen LogP contribution in [-0.2, 0) is 4.79 Å². The molecule has 0 saturated heterocycles. The van der Waals surface area contributed by atoms with Crippen molar-refractivity contribution in [3.8, 4) is 0 Å². The lowest BCUT2D eigenvalue weighted by Crippen LogP contribution is -2.78. The maximum Gasteiger partial charge on any atom is 0.303 e. The van der Waals surface area contributed by atoms with Gasteiger partial charge in [0, 0.05) is 13.5 Å². The maximum atomic E-state index is 10.2. The van der Waals surface area contributed by atoms with Crippen molar-refractivity contribution < 1.29 is 15.2 Å². The monoisotopic (exact) mass is 227 g/mol. The summed E-state index contributed by atoms with van der Waals surface area (Å²) < 4.78 is 0. The molecule has 0 aliphatic heterocycles. The number of rotatable bonds is 10. The lowest BCUT2D eigenvalue weighted by molar-refractivity contribution is -0.588. The van der Waals surface area contributed by atoms with Gasteiger partial charge in [-0.15, -0.1) is 0 Å². The summed E-state index contributed by atoms with van der Waals surface area (Å²) in [7, 11) is 1.93. The van der Waals surface area contributed by atoms with Crippen molar-refractivity contribution in [2.75, 3.05) is 13.6 Å². The van der Waals surface area contributed by atoms with Gasteiger partial charge in [-0.1, -0.05) is 13.0 Å². The molecule has 0 rings (SSSR count). The third-order valence-electron chi connectivity index (χ3n) is 2.26. The number of unbranched alkanes of at least 4 members (excludes halogenated alkanes) is 3. The number of carbonyl (C=O) groups is 1. The first-order valence-corrected chi connectivity index (χ1v) is 5.73. The van der Waals surface area contributed by atoms with Gasteiger partial charge < -0.3 is 15.3 Å². The lowest BCUT2D eigenvalue weighted by Gasteiger charge is -2.03. The second-order valence-electron chi connectivity index (χ2n) is 3.77. The van der Waals surface area contributed by atoms with Crippen molar-refractivity contribution in [2.24, 2.45) is 0 Å². The van der Waals surface area contributed by atoms with Crippen molar-refractivity contribution in [3.63, 3.8) is 0 Å². The average Bonchev–Trinajstić information content (AvgIpc) is 2.26. The van der Waals surface area contributed by atoms with Crippen molar-refractivity contribution in [1.82, 2.24) is 4.90 Å². The summed E-state index contributed by atoms with van der Waals surface area (Å²) in [6.07, 6.45) is 10.1. The molecule has 0 aromatic carbocycles. The molecule has 0 aromatic rings. The van der Waals surface area contributed by atoms with Crippen LogP contribution in [0.4, 0.5) is 0 Å². The Morgan fingerprint density at radius 2 is 2.06 bits per heavy atom. The Hall–Kier alpha value is -1.29. The van der Waals surface area contributed by atoms with Crippen LogP contribution in [0.3, 0.4) is 0 Å². The Labute approximate surface area is 97.6 Å². The van der Waals surface area contributed by atoms with Crippen LogP contribution in [0.2, 0.25) is 0 Å². The summed E-state index contributed by atoms with van der Waals surface area (Å²) in [5.74, 6) is -0.693. The van der Waals surface area contributed by atoms with Crippen LogP contribution in [0.15, 0.2) is 25.2 Å². The van der Waals surface area contributed by atoms with Gasteiger partial charge in [0.05, 0.1) is 12.7 Å². The minimum Gasteiger partial charge on any atom is -0.481 e. The molecule has 0 aromatic heterocycles. The van der Waals surface area contributed by atoms with E-state index in [4.69, 9.17) is 5.11 Å². The molecule has 0 radical (unpaired) electrons. The minimum absolute atomic E-state index is 0.299. The summed E-state index contributed by atoms with van der Waals surface area (Å²) in [5.41, 5.74) is 0. The zero-order valence-corrected chi connectivity index (χ0v) is 10.1. The first-order valence-electron chi connectivity index (χ1n) is 5.73. The molecule has 4 heteroatoms. The van der Waals surface area contributed by atoms with Crippen molar-refractivity contribution in [3.05, 3.63) is 25.2 Å². The van der Waals surface area contributed by atoms with Crippen LogP contribution in [-0.4, -0.2) is 29.6 Å².